The van der Waals surface area contributed by atoms with E-state index in [4.69, 9.17) is 11.5 Å². The van der Waals surface area contributed by atoms with Gasteiger partial charge in [0.1, 0.15) is 11.5 Å². The highest BCUT2D eigenvalue weighted by Crippen LogP contribution is 2.41. The number of fused-ring (bicyclic) bond motifs is 2. The molecule has 0 heterocycles. The fraction of sp³-hybridized carbons (Fsp3) is 0.167. The van der Waals surface area contributed by atoms with Gasteiger partial charge in [-0.25, -0.2) is 0 Å². The minimum atomic E-state index is -0.679. The molecule has 0 aromatic heterocycles. The van der Waals surface area contributed by atoms with E-state index in [-0.39, 0.29) is 52.6 Å². The summed E-state index contributed by atoms with van der Waals surface area (Å²) >= 11 is 0. The first-order chi connectivity index (χ1) is 12.9. The molecule has 0 fully saturated rings. The number of aromatic hydroxyl groups is 2. The Morgan fingerprint density at radius 2 is 1.52 bits per heavy atom. The molecular weight excluding hydrogens is 352 g/mol. The van der Waals surface area contributed by atoms with Crippen LogP contribution >= 0.6 is 0 Å². The zero-order valence-corrected chi connectivity index (χ0v) is 14.2. The van der Waals surface area contributed by atoms with Crippen molar-refractivity contribution >= 4 is 28.8 Å². The third-order valence-electron chi connectivity index (χ3n) is 4.21. The molecule has 1 aliphatic rings. The molecule has 0 unspecified atom stereocenters. The molecule has 0 aliphatic heterocycles. The smallest absolute Gasteiger partial charge is 0.239 e. The third kappa shape index (κ3) is 3.04. The van der Waals surface area contributed by atoms with Gasteiger partial charge in [-0.15, -0.1) is 0 Å². The second-order valence-corrected chi connectivity index (χ2v) is 5.96. The van der Waals surface area contributed by atoms with Crippen LogP contribution in [0.1, 0.15) is 31.8 Å². The van der Waals surface area contributed by atoms with E-state index in [2.05, 4.69) is 10.6 Å². The predicted octanol–water partition coefficient (Wildman–Crippen LogP) is -0.0578. The van der Waals surface area contributed by atoms with Gasteiger partial charge in [0, 0.05) is 24.5 Å². The Morgan fingerprint density at radius 3 is 2.19 bits per heavy atom. The number of carbonyl (C=O) groups is 3. The van der Waals surface area contributed by atoms with Gasteiger partial charge in [0.15, 0.2) is 0 Å². The normalized spacial score (nSPS) is 12.3. The van der Waals surface area contributed by atoms with Gasteiger partial charge in [0.2, 0.25) is 17.5 Å². The Kier molecular flexibility index (Phi) is 4.70. The molecule has 3 rings (SSSR count). The number of anilines is 2. The van der Waals surface area contributed by atoms with Crippen LogP contribution in [-0.2, 0) is 4.79 Å². The number of nitrogen functional groups attached to an aromatic ring is 1. The lowest BCUT2D eigenvalue weighted by atomic mass is 9.81. The van der Waals surface area contributed by atoms with E-state index < -0.39 is 23.1 Å². The number of benzene rings is 2. The van der Waals surface area contributed by atoms with E-state index >= 15 is 0 Å². The van der Waals surface area contributed by atoms with Gasteiger partial charge in [0.05, 0.1) is 28.8 Å². The van der Waals surface area contributed by atoms with Crippen molar-refractivity contribution in [1.29, 1.82) is 0 Å². The Hall–Kier alpha value is -3.59. The summed E-state index contributed by atoms with van der Waals surface area (Å²) in [5.74, 6) is -2.50. The summed E-state index contributed by atoms with van der Waals surface area (Å²) in [5, 5.41) is 25.6. The summed E-state index contributed by atoms with van der Waals surface area (Å²) in [5.41, 5.74) is 10.6. The molecule has 27 heavy (non-hydrogen) atoms. The van der Waals surface area contributed by atoms with Gasteiger partial charge < -0.3 is 32.3 Å². The van der Waals surface area contributed by atoms with Crippen molar-refractivity contribution in [2.45, 2.75) is 0 Å². The van der Waals surface area contributed by atoms with Crippen LogP contribution in [0.5, 0.6) is 11.5 Å². The average Bonchev–Trinajstić information content (AvgIpc) is 2.64. The molecule has 1 amide bonds. The molecule has 0 bridgehead atoms. The van der Waals surface area contributed by atoms with Crippen molar-refractivity contribution in [3.63, 3.8) is 0 Å². The topological polar surface area (TPSA) is 168 Å². The molecule has 2 aromatic rings. The van der Waals surface area contributed by atoms with Crippen molar-refractivity contribution < 1.29 is 24.6 Å². The summed E-state index contributed by atoms with van der Waals surface area (Å²) in [6, 6.07) is 5.16. The number of phenolic OH excluding ortho intramolecular Hbond substituents is 2. The number of ketones is 2. The zero-order valence-electron chi connectivity index (χ0n) is 14.2. The van der Waals surface area contributed by atoms with E-state index in [0.29, 0.717) is 6.54 Å². The lowest BCUT2D eigenvalue weighted by Crippen LogP contribution is -2.34. The molecule has 1 aliphatic carbocycles. The van der Waals surface area contributed by atoms with Crippen molar-refractivity contribution in [2.24, 2.45) is 5.73 Å². The Bertz CT molecular complexity index is 971. The Morgan fingerprint density at radius 1 is 0.926 bits per heavy atom. The summed E-state index contributed by atoms with van der Waals surface area (Å²) in [4.78, 5) is 37.6. The summed E-state index contributed by atoms with van der Waals surface area (Å²) in [6.07, 6.45) is 0. The molecule has 9 heteroatoms. The van der Waals surface area contributed by atoms with Crippen LogP contribution in [0.15, 0.2) is 24.3 Å². The van der Waals surface area contributed by atoms with E-state index in [9.17, 15) is 24.6 Å². The average molecular weight is 370 g/mol. The van der Waals surface area contributed by atoms with Crippen LogP contribution in [0.2, 0.25) is 0 Å². The number of nitrogens with one attached hydrogen (secondary N) is 2. The van der Waals surface area contributed by atoms with Crippen LogP contribution < -0.4 is 22.1 Å². The second-order valence-electron chi connectivity index (χ2n) is 5.96. The molecule has 0 atom stereocenters. The van der Waals surface area contributed by atoms with E-state index in [0.717, 1.165) is 0 Å². The maximum Gasteiger partial charge on any atom is 0.239 e. The SMILES string of the molecule is NCCNC(=O)CNc1ccc(O)c2c1C(=O)c1c(O)ccc(N)c1C2=O. The van der Waals surface area contributed by atoms with Crippen molar-refractivity contribution in [3.8, 4) is 11.5 Å². The lowest BCUT2D eigenvalue weighted by Gasteiger charge is -2.23. The highest BCUT2D eigenvalue weighted by molar-refractivity contribution is 6.33. The van der Waals surface area contributed by atoms with Crippen LogP contribution in [0.4, 0.5) is 11.4 Å². The molecule has 140 valence electrons. The van der Waals surface area contributed by atoms with Crippen LogP contribution in [0, 0.1) is 0 Å². The molecular formula is C18H18N4O5. The number of phenols is 2. The van der Waals surface area contributed by atoms with Gasteiger partial charge in [0.25, 0.3) is 0 Å². The van der Waals surface area contributed by atoms with Gasteiger partial charge in [-0.05, 0) is 24.3 Å². The van der Waals surface area contributed by atoms with Gasteiger partial charge in [-0.2, -0.15) is 0 Å². The van der Waals surface area contributed by atoms with Gasteiger partial charge in [-0.3, -0.25) is 14.4 Å². The summed E-state index contributed by atoms with van der Waals surface area (Å²) in [7, 11) is 0. The minimum absolute atomic E-state index is 0.0192. The molecule has 8 N–H and O–H groups in total. The molecule has 0 saturated carbocycles. The zero-order chi connectivity index (χ0) is 19.7. The maximum absolute atomic E-state index is 13.0. The minimum Gasteiger partial charge on any atom is -0.507 e. The van der Waals surface area contributed by atoms with Gasteiger partial charge >= 0.3 is 0 Å². The standard InChI is InChI=1S/C18H18N4O5/c19-5-6-21-12(25)7-22-9-2-4-11(24)16-14(9)18(27)15-10(23)3-1-8(20)13(15)17(16)26/h1-4,22-24H,5-7,19-20H2,(H,21,25). The first-order valence-corrected chi connectivity index (χ1v) is 8.14. The third-order valence-corrected chi connectivity index (χ3v) is 4.21. The van der Waals surface area contributed by atoms with Crippen molar-refractivity contribution in [2.75, 3.05) is 30.7 Å². The summed E-state index contributed by atoms with van der Waals surface area (Å²) in [6.45, 7) is 0.408. The molecule has 0 saturated heterocycles. The van der Waals surface area contributed by atoms with E-state index in [1.807, 2.05) is 0 Å². The fourth-order valence-corrected chi connectivity index (χ4v) is 2.99. The van der Waals surface area contributed by atoms with Crippen molar-refractivity contribution in [3.05, 3.63) is 46.5 Å². The molecule has 0 spiro atoms. The highest BCUT2D eigenvalue weighted by atomic mass is 16.3. The number of nitrogens with two attached hydrogens (primary N) is 2. The van der Waals surface area contributed by atoms with Crippen LogP contribution in [-0.4, -0.2) is 47.3 Å². The Labute approximate surface area is 154 Å². The number of amides is 1. The van der Waals surface area contributed by atoms with E-state index in [1.165, 1.54) is 24.3 Å². The maximum atomic E-state index is 13.0. The Balaban J connectivity index is 2.06. The molecule has 9 nitrogen and oxygen atoms in total. The van der Waals surface area contributed by atoms with Crippen molar-refractivity contribution in [1.82, 2.24) is 5.32 Å². The molecule has 0 radical (unpaired) electrons. The number of carbonyl (C=O) groups excluding carboxylic acids is 3. The first-order valence-electron chi connectivity index (χ1n) is 8.14. The summed E-state index contributed by atoms with van der Waals surface area (Å²) < 4.78 is 0. The molecule has 2 aromatic carbocycles. The highest BCUT2D eigenvalue weighted by Gasteiger charge is 2.37. The monoisotopic (exact) mass is 370 g/mol. The fourth-order valence-electron chi connectivity index (χ4n) is 2.99. The van der Waals surface area contributed by atoms with Gasteiger partial charge in [-0.1, -0.05) is 0 Å². The number of hydrogen-bond donors (Lipinski definition) is 6. The van der Waals surface area contributed by atoms with E-state index in [1.54, 1.807) is 0 Å². The quantitative estimate of drug-likeness (QED) is 0.268. The predicted molar refractivity (Wildman–Crippen MR) is 98.0 cm³/mol. The van der Waals surface area contributed by atoms with Crippen LogP contribution in [0.25, 0.3) is 0 Å². The number of rotatable bonds is 5. The largest absolute Gasteiger partial charge is 0.507 e. The lowest BCUT2D eigenvalue weighted by molar-refractivity contribution is -0.119. The second kappa shape index (κ2) is 6.96. The van der Waals surface area contributed by atoms with Crippen LogP contribution in [0.3, 0.4) is 0 Å². The number of hydrogen-bond acceptors (Lipinski definition) is 8. The first kappa shape index (κ1) is 18.2.